The molecule has 4 rings (SSSR count). The van der Waals surface area contributed by atoms with Gasteiger partial charge in [-0.15, -0.1) is 0 Å². The van der Waals surface area contributed by atoms with Gasteiger partial charge < -0.3 is 4.74 Å². The number of para-hydroxylation sites is 1. The molecule has 0 bridgehead atoms. The molecule has 1 aliphatic rings. The second-order valence-electron chi connectivity index (χ2n) is 6.15. The highest BCUT2D eigenvalue weighted by Crippen LogP contribution is 2.24. The Morgan fingerprint density at radius 3 is 2.78 bits per heavy atom. The summed E-state index contributed by atoms with van der Waals surface area (Å²) in [5.41, 5.74) is 0.193. The van der Waals surface area contributed by atoms with E-state index < -0.39 is 15.8 Å². The van der Waals surface area contributed by atoms with Crippen molar-refractivity contribution in [2.24, 2.45) is 0 Å². The van der Waals surface area contributed by atoms with Crippen LogP contribution in [0.1, 0.15) is 6.42 Å². The van der Waals surface area contributed by atoms with Gasteiger partial charge in [0.05, 0.1) is 25.1 Å². The average Bonchev–Trinajstić information content (AvgIpc) is 3.33. The SMILES string of the molecule is O=S(=O)(c1cnn(-c2ccccc2F)c1)N1CC[C@H](Oc2cccnc2)C1. The van der Waals surface area contributed by atoms with Gasteiger partial charge in [0.25, 0.3) is 0 Å². The number of sulfonamides is 1. The van der Waals surface area contributed by atoms with E-state index in [0.29, 0.717) is 18.7 Å². The second-order valence-corrected chi connectivity index (χ2v) is 8.09. The standard InChI is InChI=1S/C18H17FN4O3S/c19-17-5-1-2-6-18(17)23-13-16(11-21-23)27(24,25)22-9-7-15(12-22)26-14-4-3-8-20-10-14/h1-6,8,10-11,13,15H,7,9,12H2/t15-/m0/s1. The summed E-state index contributed by atoms with van der Waals surface area (Å²) in [6, 6.07) is 9.60. The Morgan fingerprint density at radius 1 is 1.15 bits per heavy atom. The highest BCUT2D eigenvalue weighted by atomic mass is 32.2. The van der Waals surface area contributed by atoms with Crippen molar-refractivity contribution in [1.82, 2.24) is 19.1 Å². The fraction of sp³-hybridized carbons (Fsp3) is 0.222. The third kappa shape index (κ3) is 3.56. The minimum atomic E-state index is -3.73. The van der Waals surface area contributed by atoms with Crippen LogP contribution in [-0.4, -0.2) is 46.7 Å². The van der Waals surface area contributed by atoms with Gasteiger partial charge in [-0.25, -0.2) is 17.5 Å². The molecule has 27 heavy (non-hydrogen) atoms. The number of pyridine rings is 1. The van der Waals surface area contributed by atoms with E-state index in [1.807, 2.05) is 0 Å². The molecule has 0 radical (unpaired) electrons. The van der Waals surface area contributed by atoms with E-state index in [1.165, 1.54) is 33.5 Å². The zero-order valence-corrected chi connectivity index (χ0v) is 15.1. The summed E-state index contributed by atoms with van der Waals surface area (Å²) in [6.07, 6.45) is 6.13. The highest BCUT2D eigenvalue weighted by molar-refractivity contribution is 7.89. The van der Waals surface area contributed by atoms with Crippen LogP contribution in [-0.2, 0) is 10.0 Å². The minimum Gasteiger partial charge on any atom is -0.487 e. The van der Waals surface area contributed by atoms with Crippen LogP contribution in [0.4, 0.5) is 4.39 Å². The molecule has 3 aromatic rings. The van der Waals surface area contributed by atoms with E-state index in [9.17, 15) is 12.8 Å². The van der Waals surface area contributed by atoms with E-state index in [0.717, 1.165) is 0 Å². The number of hydrogen-bond donors (Lipinski definition) is 0. The quantitative estimate of drug-likeness (QED) is 0.670. The van der Waals surface area contributed by atoms with Crippen molar-refractivity contribution in [3.05, 3.63) is 67.0 Å². The van der Waals surface area contributed by atoms with Gasteiger partial charge in [0, 0.05) is 12.7 Å². The smallest absolute Gasteiger partial charge is 0.246 e. The molecular formula is C18H17FN4O3S. The van der Waals surface area contributed by atoms with Gasteiger partial charge in [-0.3, -0.25) is 4.98 Å². The number of ether oxygens (including phenoxy) is 1. The first kappa shape index (κ1) is 17.6. The van der Waals surface area contributed by atoms with Crippen molar-refractivity contribution in [2.45, 2.75) is 17.4 Å². The van der Waals surface area contributed by atoms with Crippen LogP contribution < -0.4 is 4.74 Å². The number of halogens is 1. The molecule has 140 valence electrons. The number of rotatable bonds is 5. The third-order valence-electron chi connectivity index (χ3n) is 4.34. The summed E-state index contributed by atoms with van der Waals surface area (Å²) in [4.78, 5) is 4.00. The van der Waals surface area contributed by atoms with Crippen LogP contribution in [0.15, 0.2) is 66.1 Å². The molecule has 0 unspecified atom stereocenters. The van der Waals surface area contributed by atoms with Gasteiger partial charge in [-0.1, -0.05) is 12.1 Å². The summed E-state index contributed by atoms with van der Waals surface area (Å²) in [7, 11) is -3.73. The van der Waals surface area contributed by atoms with Crippen molar-refractivity contribution in [2.75, 3.05) is 13.1 Å². The van der Waals surface area contributed by atoms with Crippen molar-refractivity contribution in [1.29, 1.82) is 0 Å². The molecular weight excluding hydrogens is 371 g/mol. The zero-order valence-electron chi connectivity index (χ0n) is 14.3. The van der Waals surface area contributed by atoms with Crippen LogP contribution in [0.5, 0.6) is 5.75 Å². The lowest BCUT2D eigenvalue weighted by molar-refractivity contribution is 0.214. The molecule has 1 saturated heterocycles. The Hall–Kier alpha value is -2.78. The van der Waals surface area contributed by atoms with Crippen molar-refractivity contribution < 1.29 is 17.5 Å². The largest absolute Gasteiger partial charge is 0.487 e. The summed E-state index contributed by atoms with van der Waals surface area (Å²) in [6.45, 7) is 0.584. The molecule has 7 nitrogen and oxygen atoms in total. The molecule has 0 amide bonds. The van der Waals surface area contributed by atoms with E-state index in [1.54, 1.807) is 36.7 Å². The fourth-order valence-corrected chi connectivity index (χ4v) is 4.40. The molecule has 1 fully saturated rings. The number of nitrogens with zero attached hydrogens (tertiary/aromatic N) is 4. The lowest BCUT2D eigenvalue weighted by Crippen LogP contribution is -2.30. The molecule has 0 N–H and O–H groups in total. The Labute approximate surface area is 156 Å². The van der Waals surface area contributed by atoms with Gasteiger partial charge in [-0.05, 0) is 30.7 Å². The van der Waals surface area contributed by atoms with Crippen LogP contribution in [0, 0.1) is 5.82 Å². The predicted octanol–water partition coefficient (Wildman–Crippen LogP) is 2.25. The molecule has 1 aliphatic heterocycles. The Bertz CT molecular complexity index is 1040. The van der Waals surface area contributed by atoms with Crippen molar-refractivity contribution in [3.63, 3.8) is 0 Å². The van der Waals surface area contributed by atoms with Gasteiger partial charge in [-0.2, -0.15) is 9.40 Å². The van der Waals surface area contributed by atoms with E-state index in [4.69, 9.17) is 4.74 Å². The van der Waals surface area contributed by atoms with Crippen molar-refractivity contribution in [3.8, 4) is 11.4 Å². The lowest BCUT2D eigenvalue weighted by atomic mass is 10.3. The van der Waals surface area contributed by atoms with Gasteiger partial charge in [0.15, 0.2) is 0 Å². The first-order valence-electron chi connectivity index (χ1n) is 8.40. The van der Waals surface area contributed by atoms with E-state index in [-0.39, 0.29) is 23.2 Å². The molecule has 0 aliphatic carbocycles. The van der Waals surface area contributed by atoms with Gasteiger partial charge in [0.1, 0.15) is 28.3 Å². The zero-order chi connectivity index (χ0) is 18.9. The first-order chi connectivity index (χ1) is 13.0. The number of hydrogen-bond acceptors (Lipinski definition) is 5. The Balaban J connectivity index is 1.50. The van der Waals surface area contributed by atoms with Gasteiger partial charge >= 0.3 is 0 Å². The summed E-state index contributed by atoms with van der Waals surface area (Å²) < 4.78 is 48.0. The van der Waals surface area contributed by atoms with Gasteiger partial charge in [0.2, 0.25) is 10.0 Å². The van der Waals surface area contributed by atoms with Crippen LogP contribution in [0.25, 0.3) is 5.69 Å². The summed E-state index contributed by atoms with van der Waals surface area (Å²) in [5, 5.41) is 4.00. The normalized spacial score (nSPS) is 17.9. The predicted molar refractivity (Wildman–Crippen MR) is 95.6 cm³/mol. The first-order valence-corrected chi connectivity index (χ1v) is 9.84. The molecule has 0 saturated carbocycles. The van der Waals surface area contributed by atoms with E-state index >= 15 is 0 Å². The minimum absolute atomic E-state index is 0.0211. The molecule has 1 atom stereocenters. The maximum atomic E-state index is 13.9. The topological polar surface area (TPSA) is 77.3 Å². The molecule has 2 aromatic heterocycles. The third-order valence-corrected chi connectivity index (χ3v) is 6.16. The van der Waals surface area contributed by atoms with Crippen LogP contribution >= 0.6 is 0 Å². The lowest BCUT2D eigenvalue weighted by Gasteiger charge is -2.16. The molecule has 9 heteroatoms. The monoisotopic (exact) mass is 388 g/mol. The van der Waals surface area contributed by atoms with Crippen molar-refractivity contribution >= 4 is 10.0 Å². The van der Waals surface area contributed by atoms with Crippen LogP contribution in [0.2, 0.25) is 0 Å². The molecule has 3 heterocycles. The molecule has 0 spiro atoms. The maximum Gasteiger partial charge on any atom is 0.246 e. The average molecular weight is 388 g/mol. The summed E-state index contributed by atoms with van der Waals surface area (Å²) in [5.74, 6) is 0.129. The Kier molecular flexibility index (Phi) is 4.63. The van der Waals surface area contributed by atoms with E-state index in [2.05, 4.69) is 10.1 Å². The number of benzene rings is 1. The summed E-state index contributed by atoms with van der Waals surface area (Å²) >= 11 is 0. The second kappa shape index (κ2) is 7.09. The highest BCUT2D eigenvalue weighted by Gasteiger charge is 2.34. The number of aromatic nitrogens is 3. The van der Waals surface area contributed by atoms with Crippen LogP contribution in [0.3, 0.4) is 0 Å². The fourth-order valence-electron chi connectivity index (χ4n) is 2.98. The maximum absolute atomic E-state index is 13.9. The Morgan fingerprint density at radius 2 is 2.00 bits per heavy atom. The molecule has 1 aromatic carbocycles.